The fraction of sp³-hybridized carbons (Fsp3) is 0.500. The lowest BCUT2D eigenvalue weighted by Crippen LogP contribution is -2.40. The molecule has 0 heterocycles. The Morgan fingerprint density at radius 2 is 1.90 bits per heavy atom. The van der Waals surface area contributed by atoms with Gasteiger partial charge in [0.15, 0.2) is 0 Å². The second-order valence-corrected chi connectivity index (χ2v) is 6.84. The van der Waals surface area contributed by atoms with Gasteiger partial charge in [0.05, 0.1) is 11.9 Å². The van der Waals surface area contributed by atoms with Gasteiger partial charge in [0.2, 0.25) is 15.9 Å². The molecular formula is C14H22N2O3S. The molecule has 0 saturated heterocycles. The molecule has 6 heteroatoms. The second kappa shape index (κ2) is 6.74. The van der Waals surface area contributed by atoms with E-state index in [1.807, 2.05) is 26.0 Å². The fourth-order valence-electron chi connectivity index (χ4n) is 1.97. The number of benzene rings is 1. The lowest BCUT2D eigenvalue weighted by Gasteiger charge is -2.25. The van der Waals surface area contributed by atoms with Crippen LogP contribution < -0.4 is 9.62 Å². The van der Waals surface area contributed by atoms with Crippen LogP contribution in [0.15, 0.2) is 24.3 Å². The average Bonchev–Trinajstić information content (AvgIpc) is 2.35. The van der Waals surface area contributed by atoms with Crippen molar-refractivity contribution >= 4 is 21.6 Å². The van der Waals surface area contributed by atoms with Crippen LogP contribution >= 0.6 is 0 Å². The number of amides is 1. The number of nitrogens with zero attached hydrogens (tertiary/aromatic N) is 1. The van der Waals surface area contributed by atoms with Crippen LogP contribution in [0.25, 0.3) is 0 Å². The molecule has 0 spiro atoms. The molecule has 5 nitrogen and oxygen atoms in total. The number of hydrogen-bond donors (Lipinski definition) is 1. The minimum Gasteiger partial charge on any atom is -0.355 e. The average molecular weight is 298 g/mol. The molecule has 0 aliphatic rings. The van der Waals surface area contributed by atoms with Crippen molar-refractivity contribution in [2.45, 2.75) is 26.7 Å². The van der Waals surface area contributed by atoms with Gasteiger partial charge in [-0.3, -0.25) is 9.10 Å². The number of para-hydroxylation sites is 1. The summed E-state index contributed by atoms with van der Waals surface area (Å²) in [4.78, 5) is 11.7. The predicted octanol–water partition coefficient (Wildman–Crippen LogP) is 1.71. The molecule has 1 aromatic rings. The normalized spacial score (nSPS) is 11.4. The van der Waals surface area contributed by atoms with Crippen LogP contribution in [-0.4, -0.2) is 33.7 Å². The van der Waals surface area contributed by atoms with E-state index in [0.29, 0.717) is 12.2 Å². The largest absolute Gasteiger partial charge is 0.355 e. The van der Waals surface area contributed by atoms with E-state index >= 15 is 0 Å². The molecule has 1 rings (SSSR count). The molecule has 0 atom stereocenters. The van der Waals surface area contributed by atoms with Gasteiger partial charge in [-0.2, -0.15) is 0 Å². The van der Waals surface area contributed by atoms with E-state index in [1.54, 1.807) is 19.1 Å². The third-order valence-corrected chi connectivity index (χ3v) is 4.02. The lowest BCUT2D eigenvalue weighted by molar-refractivity contribution is -0.119. The first kappa shape index (κ1) is 16.5. The lowest BCUT2D eigenvalue weighted by atomic mass is 10.0. The van der Waals surface area contributed by atoms with E-state index < -0.39 is 10.0 Å². The van der Waals surface area contributed by atoms with Crippen molar-refractivity contribution < 1.29 is 13.2 Å². The maximum absolute atomic E-state index is 12.0. The smallest absolute Gasteiger partial charge is 0.240 e. The first-order valence-corrected chi connectivity index (χ1v) is 8.45. The minimum atomic E-state index is -3.51. The number of carbonyl (C=O) groups is 1. The van der Waals surface area contributed by atoms with Crippen molar-refractivity contribution in [1.82, 2.24) is 5.32 Å². The number of carbonyl (C=O) groups excluding carboxylic acids is 1. The molecule has 0 saturated carbocycles. The van der Waals surface area contributed by atoms with Crippen LogP contribution in [0.3, 0.4) is 0 Å². The molecule has 0 aliphatic carbocycles. The molecule has 0 unspecified atom stereocenters. The topological polar surface area (TPSA) is 66.5 Å². The standard InChI is InChI=1S/C14H22N2O3S/c1-5-15-14(17)10-16(20(4,18)19)13-9-7-6-8-12(13)11(2)3/h6-9,11H,5,10H2,1-4H3,(H,15,17). The number of anilines is 1. The number of sulfonamides is 1. The zero-order chi connectivity index (χ0) is 15.3. The Morgan fingerprint density at radius 1 is 1.30 bits per heavy atom. The maximum atomic E-state index is 12.0. The Labute approximate surface area is 121 Å². The van der Waals surface area contributed by atoms with Gasteiger partial charge in [-0.25, -0.2) is 8.42 Å². The van der Waals surface area contributed by atoms with E-state index in [2.05, 4.69) is 5.32 Å². The van der Waals surface area contributed by atoms with Crippen LogP contribution in [0.1, 0.15) is 32.3 Å². The number of hydrogen-bond acceptors (Lipinski definition) is 3. The van der Waals surface area contributed by atoms with Gasteiger partial charge in [-0.05, 0) is 24.5 Å². The number of nitrogens with one attached hydrogen (secondary N) is 1. The van der Waals surface area contributed by atoms with Crippen LogP contribution in [0, 0.1) is 0 Å². The molecule has 1 N–H and O–H groups in total. The monoisotopic (exact) mass is 298 g/mol. The summed E-state index contributed by atoms with van der Waals surface area (Å²) in [7, 11) is -3.51. The van der Waals surface area contributed by atoms with Crippen molar-refractivity contribution in [1.29, 1.82) is 0 Å². The summed E-state index contributed by atoms with van der Waals surface area (Å²) < 4.78 is 25.1. The van der Waals surface area contributed by atoms with Crippen LogP contribution in [0.4, 0.5) is 5.69 Å². The van der Waals surface area contributed by atoms with Gasteiger partial charge in [0, 0.05) is 6.54 Å². The minimum absolute atomic E-state index is 0.171. The van der Waals surface area contributed by atoms with Gasteiger partial charge >= 0.3 is 0 Å². The first-order valence-electron chi connectivity index (χ1n) is 6.60. The van der Waals surface area contributed by atoms with E-state index in [-0.39, 0.29) is 18.4 Å². The third kappa shape index (κ3) is 4.23. The Morgan fingerprint density at radius 3 is 2.40 bits per heavy atom. The van der Waals surface area contributed by atoms with E-state index in [1.165, 1.54) is 0 Å². The highest BCUT2D eigenvalue weighted by Crippen LogP contribution is 2.28. The summed E-state index contributed by atoms with van der Waals surface area (Å²) in [6, 6.07) is 7.26. The zero-order valence-electron chi connectivity index (χ0n) is 12.4. The number of likely N-dealkylation sites (N-methyl/N-ethyl adjacent to an activating group) is 1. The van der Waals surface area contributed by atoms with Crippen molar-refractivity contribution in [3.63, 3.8) is 0 Å². The van der Waals surface area contributed by atoms with E-state index in [9.17, 15) is 13.2 Å². The van der Waals surface area contributed by atoms with Crippen LogP contribution in [-0.2, 0) is 14.8 Å². The Kier molecular flexibility index (Phi) is 5.56. The van der Waals surface area contributed by atoms with Crippen molar-refractivity contribution in [2.24, 2.45) is 0 Å². The van der Waals surface area contributed by atoms with Gasteiger partial charge in [0.25, 0.3) is 0 Å². The van der Waals surface area contributed by atoms with E-state index in [4.69, 9.17) is 0 Å². The SMILES string of the molecule is CCNC(=O)CN(c1ccccc1C(C)C)S(C)(=O)=O. The summed E-state index contributed by atoms with van der Waals surface area (Å²) in [6.45, 7) is 6.06. The molecule has 1 aromatic carbocycles. The summed E-state index contributed by atoms with van der Waals surface area (Å²) in [6.07, 6.45) is 1.11. The Hall–Kier alpha value is -1.56. The molecule has 1 amide bonds. The molecule has 112 valence electrons. The van der Waals surface area contributed by atoms with Crippen molar-refractivity contribution in [3.8, 4) is 0 Å². The molecule has 0 fully saturated rings. The molecule has 20 heavy (non-hydrogen) atoms. The summed E-state index contributed by atoms with van der Waals surface area (Å²) in [5.74, 6) is -0.138. The Bertz CT molecular complexity index is 568. The predicted molar refractivity (Wildman–Crippen MR) is 81.4 cm³/mol. The van der Waals surface area contributed by atoms with Gasteiger partial charge in [-0.15, -0.1) is 0 Å². The van der Waals surface area contributed by atoms with Gasteiger partial charge < -0.3 is 5.32 Å². The van der Waals surface area contributed by atoms with Gasteiger partial charge in [-0.1, -0.05) is 32.0 Å². The quantitative estimate of drug-likeness (QED) is 0.869. The highest BCUT2D eigenvalue weighted by atomic mass is 32.2. The molecule has 0 aliphatic heterocycles. The maximum Gasteiger partial charge on any atom is 0.240 e. The number of rotatable bonds is 6. The fourth-order valence-corrected chi connectivity index (χ4v) is 2.84. The van der Waals surface area contributed by atoms with Gasteiger partial charge in [0.1, 0.15) is 6.54 Å². The first-order chi connectivity index (χ1) is 9.27. The zero-order valence-corrected chi connectivity index (χ0v) is 13.2. The van der Waals surface area contributed by atoms with Crippen molar-refractivity contribution in [3.05, 3.63) is 29.8 Å². The van der Waals surface area contributed by atoms with Crippen LogP contribution in [0.5, 0.6) is 0 Å². The summed E-state index contributed by atoms with van der Waals surface area (Å²) in [5, 5.41) is 2.62. The summed E-state index contributed by atoms with van der Waals surface area (Å²) in [5.41, 5.74) is 1.47. The molecule has 0 radical (unpaired) electrons. The van der Waals surface area contributed by atoms with Crippen molar-refractivity contribution in [2.75, 3.05) is 23.7 Å². The molecular weight excluding hydrogens is 276 g/mol. The van der Waals surface area contributed by atoms with Crippen LogP contribution in [0.2, 0.25) is 0 Å². The Balaban J connectivity index is 3.22. The highest BCUT2D eigenvalue weighted by molar-refractivity contribution is 7.92. The molecule has 0 bridgehead atoms. The highest BCUT2D eigenvalue weighted by Gasteiger charge is 2.23. The van der Waals surface area contributed by atoms with E-state index in [0.717, 1.165) is 16.1 Å². The second-order valence-electron chi connectivity index (χ2n) is 4.94. The molecule has 0 aromatic heterocycles. The third-order valence-electron chi connectivity index (χ3n) is 2.89. The summed E-state index contributed by atoms with van der Waals surface area (Å²) >= 11 is 0.